The number of ketones is 1. The van der Waals surface area contributed by atoms with Gasteiger partial charge in [0.25, 0.3) is 11.8 Å². The van der Waals surface area contributed by atoms with E-state index in [0.717, 1.165) is 31.5 Å². The number of benzene rings is 2. The van der Waals surface area contributed by atoms with Gasteiger partial charge in [0.1, 0.15) is 0 Å². The molecule has 3 aromatic rings. The van der Waals surface area contributed by atoms with Gasteiger partial charge in [-0.05, 0) is 67.3 Å². The number of Topliss-reactive ketones (excluding diaryl/α,β-unsaturated/α-hetero) is 1. The molecule has 0 spiro atoms. The second kappa shape index (κ2) is 12.3. The molecule has 4 rings (SSSR count). The standard InChI is InChI=1S/C28H30ClN3O3S/c1-32-15-12-20-8-7-19(17-22(20)13-16-32)18-24(33)23(31-28(35)25-9-10-26(29)36-25)11-14-30-27(34)21-5-3-2-4-6-21/h2-10,17,23H,11-16,18H2,1H3,(H,30,34)(H,31,35)/t23-/m1/s1. The van der Waals surface area contributed by atoms with Gasteiger partial charge >= 0.3 is 0 Å². The Morgan fingerprint density at radius 2 is 1.72 bits per heavy atom. The zero-order valence-electron chi connectivity index (χ0n) is 20.3. The maximum absolute atomic E-state index is 13.4. The molecule has 1 aromatic heterocycles. The molecule has 2 aromatic carbocycles. The van der Waals surface area contributed by atoms with Crippen LogP contribution in [0.4, 0.5) is 0 Å². The fraction of sp³-hybridized carbons (Fsp3) is 0.321. The van der Waals surface area contributed by atoms with Crippen LogP contribution in [0.1, 0.15) is 43.1 Å². The molecule has 36 heavy (non-hydrogen) atoms. The van der Waals surface area contributed by atoms with Crippen molar-refractivity contribution >= 4 is 40.5 Å². The van der Waals surface area contributed by atoms with Crippen LogP contribution in [0, 0.1) is 0 Å². The minimum atomic E-state index is -0.737. The van der Waals surface area contributed by atoms with E-state index < -0.39 is 6.04 Å². The van der Waals surface area contributed by atoms with E-state index in [1.165, 1.54) is 22.5 Å². The van der Waals surface area contributed by atoms with E-state index in [1.54, 1.807) is 36.4 Å². The van der Waals surface area contributed by atoms with E-state index in [2.05, 4.69) is 34.7 Å². The van der Waals surface area contributed by atoms with Gasteiger partial charge in [0.05, 0.1) is 15.3 Å². The molecule has 0 unspecified atom stereocenters. The Kier molecular flexibility index (Phi) is 8.91. The number of likely N-dealkylation sites (N-methyl/N-ethyl adjacent to an activating group) is 1. The molecule has 2 amide bonds. The summed E-state index contributed by atoms with van der Waals surface area (Å²) in [4.78, 5) is 41.3. The van der Waals surface area contributed by atoms with Crippen molar-refractivity contribution in [3.8, 4) is 0 Å². The number of carbonyl (C=O) groups excluding carboxylic acids is 3. The summed E-state index contributed by atoms with van der Waals surface area (Å²) in [6.07, 6.45) is 2.46. The number of amides is 2. The molecule has 188 valence electrons. The fourth-order valence-corrected chi connectivity index (χ4v) is 5.27. The van der Waals surface area contributed by atoms with Crippen molar-refractivity contribution in [2.75, 3.05) is 26.7 Å². The minimum absolute atomic E-state index is 0.0920. The number of nitrogens with zero attached hydrogens (tertiary/aromatic N) is 1. The highest BCUT2D eigenvalue weighted by Gasteiger charge is 2.23. The molecule has 8 heteroatoms. The quantitative estimate of drug-likeness (QED) is 0.441. The van der Waals surface area contributed by atoms with Gasteiger partial charge in [-0.15, -0.1) is 11.3 Å². The number of halogens is 1. The van der Waals surface area contributed by atoms with Crippen LogP contribution >= 0.6 is 22.9 Å². The summed E-state index contributed by atoms with van der Waals surface area (Å²) >= 11 is 7.15. The Hall–Kier alpha value is -3.00. The van der Waals surface area contributed by atoms with Crippen molar-refractivity contribution in [3.05, 3.63) is 92.1 Å². The number of carbonyl (C=O) groups is 3. The van der Waals surface area contributed by atoms with Gasteiger partial charge in [-0.2, -0.15) is 0 Å². The smallest absolute Gasteiger partial charge is 0.261 e. The number of hydrogen-bond donors (Lipinski definition) is 2. The van der Waals surface area contributed by atoms with Crippen LogP contribution in [0.3, 0.4) is 0 Å². The molecule has 2 heterocycles. The Balaban J connectivity index is 1.43. The van der Waals surface area contributed by atoms with Crippen LogP contribution in [0.15, 0.2) is 60.7 Å². The molecule has 0 saturated carbocycles. The molecule has 1 aliphatic rings. The summed E-state index contributed by atoms with van der Waals surface area (Å²) in [6, 6.07) is 17.7. The van der Waals surface area contributed by atoms with Crippen molar-refractivity contribution in [3.63, 3.8) is 0 Å². The molecule has 0 radical (unpaired) electrons. The molecule has 0 aliphatic carbocycles. The predicted octanol–water partition coefficient (Wildman–Crippen LogP) is 4.16. The van der Waals surface area contributed by atoms with Crippen LogP contribution < -0.4 is 10.6 Å². The highest BCUT2D eigenvalue weighted by atomic mass is 35.5. The zero-order chi connectivity index (χ0) is 25.5. The van der Waals surface area contributed by atoms with Crippen molar-refractivity contribution in [2.45, 2.75) is 31.7 Å². The molecule has 1 aliphatic heterocycles. The highest BCUT2D eigenvalue weighted by molar-refractivity contribution is 7.18. The van der Waals surface area contributed by atoms with Gasteiger partial charge in [0.15, 0.2) is 5.78 Å². The first-order valence-corrected chi connectivity index (χ1v) is 13.3. The third-order valence-electron chi connectivity index (χ3n) is 6.42. The Morgan fingerprint density at radius 1 is 0.972 bits per heavy atom. The maximum Gasteiger partial charge on any atom is 0.261 e. The lowest BCUT2D eigenvalue weighted by atomic mass is 9.95. The highest BCUT2D eigenvalue weighted by Crippen LogP contribution is 2.22. The molecular formula is C28H30ClN3O3S. The molecule has 0 fully saturated rings. The summed E-state index contributed by atoms with van der Waals surface area (Å²) in [5.41, 5.74) is 4.11. The van der Waals surface area contributed by atoms with Crippen molar-refractivity contribution < 1.29 is 14.4 Å². The first kappa shape index (κ1) is 26.1. The molecular weight excluding hydrogens is 494 g/mol. The van der Waals surface area contributed by atoms with Gasteiger partial charge < -0.3 is 15.5 Å². The van der Waals surface area contributed by atoms with E-state index in [9.17, 15) is 14.4 Å². The topological polar surface area (TPSA) is 78.5 Å². The number of hydrogen-bond acceptors (Lipinski definition) is 5. The average molecular weight is 524 g/mol. The van der Waals surface area contributed by atoms with Gasteiger partial charge in [-0.1, -0.05) is 48.0 Å². The first-order chi connectivity index (χ1) is 17.4. The van der Waals surface area contributed by atoms with E-state index in [4.69, 9.17) is 11.6 Å². The molecule has 0 saturated heterocycles. The summed E-state index contributed by atoms with van der Waals surface area (Å²) in [7, 11) is 2.13. The summed E-state index contributed by atoms with van der Waals surface area (Å²) in [5, 5.41) is 5.72. The van der Waals surface area contributed by atoms with Crippen LogP contribution in [0.5, 0.6) is 0 Å². The Morgan fingerprint density at radius 3 is 2.44 bits per heavy atom. The lowest BCUT2D eigenvalue weighted by Crippen LogP contribution is -2.43. The van der Waals surface area contributed by atoms with Crippen LogP contribution in [-0.2, 0) is 24.1 Å². The lowest BCUT2D eigenvalue weighted by Gasteiger charge is -2.18. The second-order valence-corrected chi connectivity index (χ2v) is 10.8. The van der Waals surface area contributed by atoms with Gasteiger partial charge in [-0.25, -0.2) is 0 Å². The van der Waals surface area contributed by atoms with E-state index in [1.807, 2.05) is 12.1 Å². The van der Waals surface area contributed by atoms with Crippen LogP contribution in [0.2, 0.25) is 4.34 Å². The Labute approximate surface area is 220 Å². The summed E-state index contributed by atoms with van der Waals surface area (Å²) < 4.78 is 0.508. The van der Waals surface area contributed by atoms with Crippen molar-refractivity contribution in [1.82, 2.24) is 15.5 Å². The average Bonchev–Trinajstić information content (AvgIpc) is 3.24. The lowest BCUT2D eigenvalue weighted by molar-refractivity contribution is -0.120. The van der Waals surface area contributed by atoms with E-state index in [-0.39, 0.29) is 37.0 Å². The predicted molar refractivity (Wildman–Crippen MR) is 144 cm³/mol. The third kappa shape index (κ3) is 7.03. The summed E-state index contributed by atoms with van der Waals surface area (Å²) in [5.74, 6) is -0.649. The molecule has 0 bridgehead atoms. The van der Waals surface area contributed by atoms with Gasteiger partial charge in [0, 0.05) is 31.6 Å². The molecule has 2 N–H and O–H groups in total. The number of fused-ring (bicyclic) bond motifs is 1. The summed E-state index contributed by atoms with van der Waals surface area (Å²) in [6.45, 7) is 2.28. The van der Waals surface area contributed by atoms with Gasteiger partial charge in [-0.3, -0.25) is 14.4 Å². The maximum atomic E-state index is 13.4. The van der Waals surface area contributed by atoms with Crippen LogP contribution in [0.25, 0.3) is 0 Å². The zero-order valence-corrected chi connectivity index (χ0v) is 21.8. The fourth-order valence-electron chi connectivity index (χ4n) is 4.33. The monoisotopic (exact) mass is 523 g/mol. The second-order valence-electron chi connectivity index (χ2n) is 9.09. The number of thiophene rings is 1. The number of rotatable bonds is 9. The number of nitrogens with one attached hydrogen (secondary N) is 2. The Bertz CT molecular complexity index is 1230. The van der Waals surface area contributed by atoms with Crippen LogP contribution in [-0.4, -0.2) is 55.2 Å². The normalized spacial score (nSPS) is 14.4. The molecule has 6 nitrogen and oxygen atoms in total. The van der Waals surface area contributed by atoms with E-state index >= 15 is 0 Å². The van der Waals surface area contributed by atoms with E-state index in [0.29, 0.717) is 14.8 Å². The molecule has 1 atom stereocenters. The largest absolute Gasteiger partial charge is 0.352 e. The SMILES string of the molecule is CN1CCc2ccc(CC(=O)[C@@H](CCNC(=O)c3ccccc3)NC(=O)c3ccc(Cl)s3)cc2CC1. The third-order valence-corrected chi connectivity index (χ3v) is 7.65. The van der Waals surface area contributed by atoms with Crippen molar-refractivity contribution in [1.29, 1.82) is 0 Å². The van der Waals surface area contributed by atoms with Crippen molar-refractivity contribution in [2.24, 2.45) is 0 Å². The van der Waals surface area contributed by atoms with Gasteiger partial charge in [0.2, 0.25) is 0 Å². The minimum Gasteiger partial charge on any atom is -0.352 e. The first-order valence-electron chi connectivity index (χ1n) is 12.1.